The third kappa shape index (κ3) is 2.89. The van der Waals surface area contributed by atoms with Crippen LogP contribution in [0.1, 0.15) is 46.4 Å². The second-order valence-corrected chi connectivity index (χ2v) is 5.40. The molecule has 0 saturated heterocycles. The lowest BCUT2D eigenvalue weighted by atomic mass is 10.1. The maximum absolute atomic E-state index is 11.9. The molecule has 0 aromatic carbocycles. The van der Waals surface area contributed by atoms with Crippen LogP contribution in [0.15, 0.2) is 11.4 Å². The van der Waals surface area contributed by atoms with Gasteiger partial charge in [0.15, 0.2) is 5.82 Å². The minimum atomic E-state index is -0.393. The molecule has 0 aliphatic rings. The van der Waals surface area contributed by atoms with Gasteiger partial charge in [0.1, 0.15) is 5.82 Å². The fourth-order valence-electron chi connectivity index (χ4n) is 1.45. The lowest BCUT2D eigenvalue weighted by molar-refractivity contribution is 0.484. The van der Waals surface area contributed by atoms with Crippen LogP contribution in [-0.4, -0.2) is 20.0 Å². The van der Waals surface area contributed by atoms with Crippen molar-refractivity contribution in [3.63, 3.8) is 0 Å². The first-order valence-electron chi connectivity index (χ1n) is 5.58. The summed E-state index contributed by atoms with van der Waals surface area (Å²) in [6.45, 7) is 13.6. The normalized spacial score (nSPS) is 11.9. The van der Waals surface area contributed by atoms with Crippen molar-refractivity contribution in [2.45, 2.75) is 46.1 Å². The van der Waals surface area contributed by atoms with Crippen LogP contribution < -0.4 is 16.8 Å². The van der Waals surface area contributed by atoms with Gasteiger partial charge < -0.3 is 11.2 Å². The van der Waals surface area contributed by atoms with Crippen molar-refractivity contribution in [2.75, 3.05) is 5.84 Å². The van der Waals surface area contributed by atoms with Gasteiger partial charge in [-0.3, -0.25) is 0 Å². The molecule has 0 aliphatic heterocycles. The standard InChI is InChI=1S/C11H21N5O/c1-7(2)9-14-16(10(17)15(9)12)8(3)13-11(4,5)6/h7,13H,3,12H2,1-2,4-6H3. The molecule has 0 aliphatic carbocycles. The number of rotatable bonds is 3. The number of hydrogen-bond acceptors (Lipinski definition) is 4. The smallest absolute Gasteiger partial charge is 0.366 e. The van der Waals surface area contributed by atoms with Crippen molar-refractivity contribution in [1.29, 1.82) is 0 Å². The van der Waals surface area contributed by atoms with Crippen molar-refractivity contribution in [1.82, 2.24) is 19.8 Å². The molecule has 1 heterocycles. The summed E-state index contributed by atoms with van der Waals surface area (Å²) in [5, 5.41) is 7.27. The van der Waals surface area contributed by atoms with Crippen LogP contribution in [0.2, 0.25) is 0 Å². The van der Waals surface area contributed by atoms with Crippen LogP contribution in [-0.2, 0) is 0 Å². The van der Waals surface area contributed by atoms with E-state index >= 15 is 0 Å². The summed E-state index contributed by atoms with van der Waals surface area (Å²) in [6, 6.07) is 0. The van der Waals surface area contributed by atoms with Crippen molar-refractivity contribution in [3.05, 3.63) is 22.9 Å². The van der Waals surface area contributed by atoms with Crippen LogP contribution >= 0.6 is 0 Å². The summed E-state index contributed by atoms with van der Waals surface area (Å²) in [6.07, 6.45) is 0. The van der Waals surface area contributed by atoms with Gasteiger partial charge >= 0.3 is 5.69 Å². The minimum absolute atomic E-state index is 0.0800. The molecule has 0 spiro atoms. The molecule has 0 atom stereocenters. The van der Waals surface area contributed by atoms with Crippen LogP contribution in [0.25, 0.3) is 5.82 Å². The first-order valence-corrected chi connectivity index (χ1v) is 5.58. The Balaban J connectivity index is 3.12. The Kier molecular flexibility index (Phi) is 3.35. The van der Waals surface area contributed by atoms with Crippen LogP contribution in [0.3, 0.4) is 0 Å². The summed E-state index contributed by atoms with van der Waals surface area (Å²) in [5.41, 5.74) is -0.581. The molecular formula is C11H21N5O. The SMILES string of the molecule is C=C(NC(C)(C)C)n1nc(C(C)C)n(N)c1=O. The third-order valence-corrected chi connectivity index (χ3v) is 2.13. The molecule has 96 valence electrons. The largest absolute Gasteiger partial charge is 0.370 e. The topological polar surface area (TPSA) is 77.9 Å². The minimum Gasteiger partial charge on any atom is -0.366 e. The number of aromatic nitrogens is 3. The van der Waals surface area contributed by atoms with E-state index in [9.17, 15) is 4.79 Å². The third-order valence-electron chi connectivity index (χ3n) is 2.13. The van der Waals surface area contributed by atoms with Gasteiger partial charge in [0.05, 0.1) is 0 Å². The predicted molar refractivity (Wildman–Crippen MR) is 68.9 cm³/mol. The lowest BCUT2D eigenvalue weighted by Crippen LogP contribution is -2.39. The molecule has 6 heteroatoms. The van der Waals surface area contributed by atoms with Crippen molar-refractivity contribution < 1.29 is 0 Å². The van der Waals surface area contributed by atoms with Crippen molar-refractivity contribution in [3.8, 4) is 0 Å². The molecular weight excluding hydrogens is 218 g/mol. The van der Waals surface area contributed by atoms with Gasteiger partial charge in [0.25, 0.3) is 0 Å². The summed E-state index contributed by atoms with van der Waals surface area (Å²) in [5.74, 6) is 6.70. The van der Waals surface area contributed by atoms with Gasteiger partial charge in [-0.2, -0.15) is 9.36 Å². The highest BCUT2D eigenvalue weighted by molar-refractivity contribution is 5.37. The van der Waals surface area contributed by atoms with E-state index in [2.05, 4.69) is 17.0 Å². The van der Waals surface area contributed by atoms with Gasteiger partial charge in [-0.05, 0) is 20.8 Å². The Hall–Kier alpha value is -1.72. The average molecular weight is 239 g/mol. The number of hydrogen-bond donors (Lipinski definition) is 2. The highest BCUT2D eigenvalue weighted by Crippen LogP contribution is 2.09. The molecule has 1 aromatic rings. The summed E-state index contributed by atoms with van der Waals surface area (Å²) < 4.78 is 2.25. The molecule has 1 aromatic heterocycles. The maximum atomic E-state index is 11.9. The van der Waals surface area contributed by atoms with Gasteiger partial charge in [-0.1, -0.05) is 20.4 Å². The maximum Gasteiger partial charge on any atom is 0.370 e. The van der Waals surface area contributed by atoms with E-state index < -0.39 is 5.69 Å². The average Bonchev–Trinajstić information content (AvgIpc) is 2.41. The number of nitrogens with one attached hydrogen (secondary N) is 1. The van der Waals surface area contributed by atoms with E-state index in [0.29, 0.717) is 11.6 Å². The molecule has 0 saturated carbocycles. The summed E-state index contributed by atoms with van der Waals surface area (Å²) >= 11 is 0. The monoisotopic (exact) mass is 239 g/mol. The number of nitrogens with two attached hydrogens (primary N) is 1. The van der Waals surface area contributed by atoms with E-state index in [1.165, 1.54) is 4.68 Å². The van der Waals surface area contributed by atoms with Crippen LogP contribution in [0.5, 0.6) is 0 Å². The van der Waals surface area contributed by atoms with Crippen molar-refractivity contribution in [2.24, 2.45) is 0 Å². The molecule has 0 bridgehead atoms. The lowest BCUT2D eigenvalue weighted by Gasteiger charge is -2.22. The molecule has 3 N–H and O–H groups in total. The van der Waals surface area contributed by atoms with E-state index in [1.807, 2.05) is 34.6 Å². The van der Waals surface area contributed by atoms with E-state index in [4.69, 9.17) is 5.84 Å². The fraction of sp³-hybridized carbons (Fsp3) is 0.636. The molecule has 0 fully saturated rings. The van der Waals surface area contributed by atoms with Gasteiger partial charge in [-0.25, -0.2) is 4.79 Å². The first-order chi connectivity index (χ1) is 7.63. The molecule has 0 unspecified atom stereocenters. The van der Waals surface area contributed by atoms with Crippen LogP contribution in [0, 0.1) is 0 Å². The quantitative estimate of drug-likeness (QED) is 0.761. The van der Waals surface area contributed by atoms with E-state index in [0.717, 1.165) is 4.68 Å². The van der Waals surface area contributed by atoms with Crippen molar-refractivity contribution >= 4 is 5.82 Å². The molecule has 1 rings (SSSR count). The number of nitrogen functional groups attached to an aromatic ring is 1. The highest BCUT2D eigenvalue weighted by atomic mass is 16.2. The Morgan fingerprint density at radius 3 is 2.35 bits per heavy atom. The van der Waals surface area contributed by atoms with Gasteiger partial charge in [-0.15, -0.1) is 5.10 Å². The van der Waals surface area contributed by atoms with E-state index in [-0.39, 0.29) is 11.5 Å². The van der Waals surface area contributed by atoms with Gasteiger partial charge in [0, 0.05) is 11.5 Å². The molecule has 0 radical (unpaired) electrons. The zero-order valence-electron chi connectivity index (χ0n) is 11.1. The Morgan fingerprint density at radius 2 is 2.00 bits per heavy atom. The molecule has 6 nitrogen and oxygen atoms in total. The summed E-state index contributed by atoms with van der Waals surface area (Å²) in [4.78, 5) is 11.9. The zero-order valence-corrected chi connectivity index (χ0v) is 11.1. The Bertz CT molecular complexity index is 475. The predicted octanol–water partition coefficient (Wildman–Crippen LogP) is 0.698. The van der Waals surface area contributed by atoms with E-state index in [1.54, 1.807) is 0 Å². The Labute approximate surface area is 101 Å². The second-order valence-electron chi connectivity index (χ2n) is 5.40. The fourth-order valence-corrected chi connectivity index (χ4v) is 1.45. The first kappa shape index (κ1) is 13.3. The molecule has 17 heavy (non-hydrogen) atoms. The Morgan fingerprint density at radius 1 is 1.47 bits per heavy atom. The second kappa shape index (κ2) is 4.27. The zero-order chi connectivity index (χ0) is 13.4. The molecule has 0 amide bonds. The highest BCUT2D eigenvalue weighted by Gasteiger charge is 2.18. The van der Waals surface area contributed by atoms with Crippen LogP contribution in [0.4, 0.5) is 0 Å². The summed E-state index contributed by atoms with van der Waals surface area (Å²) in [7, 11) is 0. The number of nitrogens with zero attached hydrogens (tertiary/aromatic N) is 3. The van der Waals surface area contributed by atoms with Gasteiger partial charge in [0.2, 0.25) is 0 Å².